The first-order chi connectivity index (χ1) is 17.8. The number of esters is 1. The number of carbonyl (C=O) groups excluding carboxylic acids is 3. The standard InChI is InChI=1S/C19H22BrNO6S.C8H14O/c1-21(12(10-24-2)11-25-3)17-6-5-13(7-15(17)18(23)26-4)27-19-16(20)8-14(9-22)28-19;1-7-2-4-8(6-9)5-3-7/h5-9,12H,10-11H2,1-4H3;6-8H,2-5H2,1H3. The van der Waals surface area contributed by atoms with Gasteiger partial charge in [0.2, 0.25) is 0 Å². The van der Waals surface area contributed by atoms with E-state index in [9.17, 15) is 14.4 Å². The van der Waals surface area contributed by atoms with Crippen molar-refractivity contribution in [2.45, 2.75) is 38.6 Å². The van der Waals surface area contributed by atoms with Gasteiger partial charge < -0.3 is 28.6 Å². The number of benzene rings is 1. The molecule has 1 aliphatic rings. The third kappa shape index (κ3) is 9.21. The number of anilines is 1. The zero-order valence-corrected chi connectivity index (χ0v) is 24.4. The Bertz CT molecular complexity index is 1010. The zero-order chi connectivity index (χ0) is 27.4. The molecule has 10 heteroatoms. The maximum atomic E-state index is 12.4. The molecule has 1 heterocycles. The van der Waals surface area contributed by atoms with Crippen LogP contribution in [0.1, 0.15) is 52.6 Å². The zero-order valence-electron chi connectivity index (χ0n) is 22.0. The Morgan fingerprint density at radius 3 is 2.27 bits per heavy atom. The van der Waals surface area contributed by atoms with Gasteiger partial charge in [-0.1, -0.05) is 31.1 Å². The van der Waals surface area contributed by atoms with Gasteiger partial charge in [0.05, 0.1) is 47.0 Å². The average molecular weight is 599 g/mol. The molecule has 0 aliphatic heterocycles. The van der Waals surface area contributed by atoms with Crippen LogP contribution < -0.4 is 9.64 Å². The summed E-state index contributed by atoms with van der Waals surface area (Å²) in [6.45, 7) is 3.13. The minimum atomic E-state index is -0.486. The number of hydrogen-bond donors (Lipinski definition) is 0. The maximum Gasteiger partial charge on any atom is 0.340 e. The van der Waals surface area contributed by atoms with Crippen LogP contribution in [0.5, 0.6) is 10.8 Å². The number of nitrogens with zero attached hydrogens (tertiary/aromatic N) is 1. The molecule has 1 aromatic heterocycles. The number of carbonyl (C=O) groups is 3. The highest BCUT2D eigenvalue weighted by atomic mass is 79.9. The lowest BCUT2D eigenvalue weighted by molar-refractivity contribution is -0.112. The van der Waals surface area contributed by atoms with Crippen LogP contribution in [-0.2, 0) is 19.0 Å². The number of methoxy groups -OCH3 is 3. The first kappa shape index (κ1) is 31.0. The quantitative estimate of drug-likeness (QED) is 0.230. The molecule has 1 aliphatic carbocycles. The van der Waals surface area contributed by atoms with Gasteiger partial charge in [-0.15, -0.1) is 0 Å². The van der Waals surface area contributed by atoms with Crippen molar-refractivity contribution in [2.75, 3.05) is 46.5 Å². The molecule has 0 spiro atoms. The molecule has 0 radical (unpaired) electrons. The van der Waals surface area contributed by atoms with Crippen LogP contribution in [-0.4, -0.2) is 66.2 Å². The van der Waals surface area contributed by atoms with E-state index in [2.05, 4.69) is 22.9 Å². The summed E-state index contributed by atoms with van der Waals surface area (Å²) in [5, 5.41) is 0.524. The van der Waals surface area contributed by atoms with E-state index < -0.39 is 5.97 Å². The van der Waals surface area contributed by atoms with Gasteiger partial charge in [-0.25, -0.2) is 4.79 Å². The molecule has 204 valence electrons. The fraction of sp³-hybridized carbons (Fsp3) is 0.519. The summed E-state index contributed by atoms with van der Waals surface area (Å²) < 4.78 is 22.0. The monoisotopic (exact) mass is 597 g/mol. The number of hydrogen-bond acceptors (Lipinski definition) is 9. The molecule has 0 unspecified atom stereocenters. The summed E-state index contributed by atoms with van der Waals surface area (Å²) in [6, 6.07) is 6.73. The van der Waals surface area contributed by atoms with Crippen LogP contribution >= 0.6 is 27.3 Å². The normalized spacial score (nSPS) is 16.9. The van der Waals surface area contributed by atoms with Crippen molar-refractivity contribution in [3.8, 4) is 10.8 Å². The minimum Gasteiger partial charge on any atom is -0.465 e. The number of aldehydes is 2. The topological polar surface area (TPSA) is 91.4 Å². The van der Waals surface area contributed by atoms with Gasteiger partial charge in [-0.3, -0.25) is 4.79 Å². The van der Waals surface area contributed by atoms with Crippen LogP contribution in [0.25, 0.3) is 0 Å². The highest BCUT2D eigenvalue weighted by Gasteiger charge is 2.23. The van der Waals surface area contributed by atoms with Crippen LogP contribution in [0.2, 0.25) is 0 Å². The molecular weight excluding hydrogens is 562 g/mol. The smallest absolute Gasteiger partial charge is 0.340 e. The maximum absolute atomic E-state index is 12.4. The van der Waals surface area contributed by atoms with Gasteiger partial charge in [0.1, 0.15) is 12.0 Å². The number of halogens is 1. The van der Waals surface area contributed by atoms with Gasteiger partial charge in [0.15, 0.2) is 11.3 Å². The van der Waals surface area contributed by atoms with E-state index in [-0.39, 0.29) is 6.04 Å². The van der Waals surface area contributed by atoms with E-state index in [1.165, 1.54) is 31.3 Å². The van der Waals surface area contributed by atoms with Crippen LogP contribution in [0.3, 0.4) is 0 Å². The van der Waals surface area contributed by atoms with Gasteiger partial charge in [-0.2, -0.15) is 0 Å². The first-order valence-corrected chi connectivity index (χ1v) is 13.7. The summed E-state index contributed by atoms with van der Waals surface area (Å²) in [4.78, 5) is 36.0. The number of likely N-dealkylation sites (N-methyl/N-ethyl adjacent to an activating group) is 1. The Morgan fingerprint density at radius 1 is 1.11 bits per heavy atom. The van der Waals surface area contributed by atoms with Crippen molar-refractivity contribution in [2.24, 2.45) is 11.8 Å². The van der Waals surface area contributed by atoms with Crippen molar-refractivity contribution in [3.05, 3.63) is 39.2 Å². The summed E-state index contributed by atoms with van der Waals surface area (Å²) in [5.74, 6) is 1.22. The molecule has 37 heavy (non-hydrogen) atoms. The molecule has 0 N–H and O–H groups in total. The van der Waals surface area contributed by atoms with Crippen molar-refractivity contribution in [1.29, 1.82) is 0 Å². The Balaban J connectivity index is 0.000000449. The summed E-state index contributed by atoms with van der Waals surface area (Å²) in [5.41, 5.74) is 1.01. The van der Waals surface area contributed by atoms with Crippen molar-refractivity contribution >= 4 is 51.5 Å². The summed E-state index contributed by atoms with van der Waals surface area (Å²) in [6.07, 6.45) is 6.64. The second-order valence-electron chi connectivity index (χ2n) is 9.01. The molecule has 0 amide bonds. The molecule has 0 bridgehead atoms. The number of rotatable bonds is 11. The third-order valence-electron chi connectivity index (χ3n) is 6.27. The largest absolute Gasteiger partial charge is 0.465 e. The summed E-state index contributed by atoms with van der Waals surface area (Å²) in [7, 11) is 6.41. The van der Waals surface area contributed by atoms with Crippen LogP contribution in [0.15, 0.2) is 28.7 Å². The predicted octanol–water partition coefficient (Wildman–Crippen LogP) is 6.01. The third-order valence-corrected chi connectivity index (χ3v) is 8.06. The predicted molar refractivity (Wildman–Crippen MR) is 148 cm³/mol. The Kier molecular flexibility index (Phi) is 13.3. The lowest BCUT2D eigenvalue weighted by atomic mass is 9.84. The van der Waals surface area contributed by atoms with E-state index in [0.29, 0.717) is 50.5 Å². The molecule has 1 saturated carbocycles. The Hall–Kier alpha value is -2.27. The Morgan fingerprint density at radius 2 is 1.76 bits per heavy atom. The molecule has 0 saturated heterocycles. The van der Waals surface area contributed by atoms with Gasteiger partial charge in [0.25, 0.3) is 0 Å². The SMILES string of the molecule is CC1CCC(C=O)CC1.COCC(COC)N(C)c1ccc(Oc2sc(C=O)cc2Br)cc1C(=O)OC. The van der Waals surface area contributed by atoms with Crippen molar-refractivity contribution in [3.63, 3.8) is 0 Å². The van der Waals surface area contributed by atoms with E-state index in [0.717, 1.165) is 31.3 Å². The van der Waals surface area contributed by atoms with Gasteiger partial charge in [-0.05, 0) is 59.0 Å². The lowest BCUT2D eigenvalue weighted by Gasteiger charge is -2.30. The fourth-order valence-corrected chi connectivity index (χ4v) is 5.49. The summed E-state index contributed by atoms with van der Waals surface area (Å²) >= 11 is 4.57. The molecule has 1 aromatic carbocycles. The number of ether oxygens (including phenoxy) is 4. The van der Waals surface area contributed by atoms with Crippen molar-refractivity contribution < 1.29 is 33.3 Å². The van der Waals surface area contributed by atoms with E-state index >= 15 is 0 Å². The number of thiophene rings is 1. The fourth-order valence-electron chi connectivity index (χ4n) is 4.04. The second-order valence-corrected chi connectivity index (χ2v) is 10.9. The highest BCUT2D eigenvalue weighted by Crippen LogP contribution is 2.38. The molecule has 8 nitrogen and oxygen atoms in total. The lowest BCUT2D eigenvalue weighted by Crippen LogP contribution is -2.39. The van der Waals surface area contributed by atoms with Crippen LogP contribution in [0, 0.1) is 11.8 Å². The van der Waals surface area contributed by atoms with Crippen LogP contribution in [0.4, 0.5) is 5.69 Å². The van der Waals surface area contributed by atoms with Gasteiger partial charge >= 0.3 is 5.97 Å². The highest BCUT2D eigenvalue weighted by molar-refractivity contribution is 9.10. The molecular formula is C27H36BrNO7S. The van der Waals surface area contributed by atoms with Gasteiger partial charge in [0, 0.05) is 27.2 Å². The minimum absolute atomic E-state index is 0.0910. The first-order valence-electron chi connectivity index (χ1n) is 12.1. The molecule has 3 rings (SSSR count). The molecule has 2 aromatic rings. The average Bonchev–Trinajstić information content (AvgIpc) is 3.27. The van der Waals surface area contributed by atoms with E-state index in [4.69, 9.17) is 18.9 Å². The molecule has 1 fully saturated rings. The second kappa shape index (κ2) is 15.9. The van der Waals surface area contributed by atoms with E-state index in [1.54, 1.807) is 38.5 Å². The Labute approximate surface area is 231 Å². The van der Waals surface area contributed by atoms with E-state index in [1.807, 2.05) is 11.9 Å². The van der Waals surface area contributed by atoms with Crippen molar-refractivity contribution in [1.82, 2.24) is 0 Å². The molecule has 0 atom stereocenters.